The summed E-state index contributed by atoms with van der Waals surface area (Å²) in [5.74, 6) is 1.34. The Labute approximate surface area is 119 Å². The number of hydrogen-bond donors (Lipinski definition) is 1. The van der Waals surface area contributed by atoms with Crippen LogP contribution < -0.4 is 5.32 Å². The highest BCUT2D eigenvalue weighted by Gasteiger charge is 2.10. The van der Waals surface area contributed by atoms with E-state index in [2.05, 4.69) is 30.4 Å². The topological polar surface area (TPSA) is 81.4 Å². The zero-order valence-electron chi connectivity index (χ0n) is 10.5. The van der Waals surface area contributed by atoms with Gasteiger partial charge >= 0.3 is 0 Å². The number of anilines is 1. The quantitative estimate of drug-likeness (QED) is 0.791. The lowest BCUT2D eigenvalue weighted by atomic mass is 10.2. The fraction of sp³-hybridized carbons (Fsp3) is 0.0833. The molecule has 0 saturated heterocycles. The van der Waals surface area contributed by atoms with Gasteiger partial charge in [0.2, 0.25) is 5.95 Å². The minimum absolute atomic E-state index is 0.386. The van der Waals surface area contributed by atoms with E-state index in [4.69, 9.17) is 11.6 Å². The highest BCUT2D eigenvalue weighted by Crippen LogP contribution is 2.20. The number of benzene rings is 1. The van der Waals surface area contributed by atoms with Gasteiger partial charge in [0.25, 0.3) is 5.95 Å². The molecule has 8 heteroatoms. The van der Waals surface area contributed by atoms with Crippen molar-refractivity contribution in [2.24, 2.45) is 0 Å². The second-order valence-electron chi connectivity index (χ2n) is 3.88. The van der Waals surface area contributed by atoms with Crippen molar-refractivity contribution in [1.29, 1.82) is 0 Å². The van der Waals surface area contributed by atoms with E-state index in [1.165, 1.54) is 17.3 Å². The maximum absolute atomic E-state index is 5.99. The zero-order valence-corrected chi connectivity index (χ0v) is 11.3. The standard InChI is InChI=1S/C12H10ClN7/c1-14-11-17-10(8-3-2-4-9(13)5-8)18-12(19-11)20-7-15-6-16-20/h2-7H,1H3,(H,14,17,18,19). The van der Waals surface area contributed by atoms with Crippen LogP contribution in [-0.4, -0.2) is 36.8 Å². The third-order valence-corrected chi connectivity index (χ3v) is 2.79. The van der Waals surface area contributed by atoms with Gasteiger partial charge in [0, 0.05) is 17.6 Å². The lowest BCUT2D eigenvalue weighted by Crippen LogP contribution is -2.08. The molecule has 0 aliphatic rings. The van der Waals surface area contributed by atoms with Crippen LogP contribution in [0.25, 0.3) is 17.3 Å². The monoisotopic (exact) mass is 287 g/mol. The van der Waals surface area contributed by atoms with Gasteiger partial charge in [0.15, 0.2) is 5.82 Å². The molecule has 2 heterocycles. The van der Waals surface area contributed by atoms with Crippen molar-refractivity contribution in [3.63, 3.8) is 0 Å². The van der Waals surface area contributed by atoms with E-state index in [1.807, 2.05) is 12.1 Å². The number of halogens is 1. The first-order chi connectivity index (χ1) is 9.76. The van der Waals surface area contributed by atoms with E-state index >= 15 is 0 Å². The summed E-state index contributed by atoms with van der Waals surface area (Å²) in [4.78, 5) is 16.8. The predicted molar refractivity (Wildman–Crippen MR) is 74.7 cm³/mol. The van der Waals surface area contributed by atoms with Crippen molar-refractivity contribution in [2.45, 2.75) is 0 Å². The molecule has 0 atom stereocenters. The summed E-state index contributed by atoms with van der Waals surface area (Å²) in [6.45, 7) is 0. The maximum atomic E-state index is 5.99. The molecule has 20 heavy (non-hydrogen) atoms. The smallest absolute Gasteiger partial charge is 0.257 e. The van der Waals surface area contributed by atoms with Crippen molar-refractivity contribution < 1.29 is 0 Å². The van der Waals surface area contributed by atoms with Crippen LogP contribution in [0.4, 0.5) is 5.95 Å². The van der Waals surface area contributed by atoms with Gasteiger partial charge in [0.05, 0.1) is 0 Å². The Morgan fingerprint density at radius 3 is 2.80 bits per heavy atom. The second kappa shape index (κ2) is 5.22. The van der Waals surface area contributed by atoms with Crippen LogP contribution in [0, 0.1) is 0 Å². The molecule has 0 radical (unpaired) electrons. The van der Waals surface area contributed by atoms with Gasteiger partial charge in [-0.25, -0.2) is 4.98 Å². The average Bonchev–Trinajstić information content (AvgIpc) is 3.01. The number of hydrogen-bond acceptors (Lipinski definition) is 6. The molecule has 0 amide bonds. The maximum Gasteiger partial charge on any atom is 0.257 e. The van der Waals surface area contributed by atoms with Gasteiger partial charge in [-0.15, -0.1) is 0 Å². The Morgan fingerprint density at radius 1 is 1.20 bits per heavy atom. The number of nitrogens with zero attached hydrogens (tertiary/aromatic N) is 6. The largest absolute Gasteiger partial charge is 0.357 e. The zero-order chi connectivity index (χ0) is 13.9. The van der Waals surface area contributed by atoms with E-state index in [1.54, 1.807) is 19.2 Å². The van der Waals surface area contributed by atoms with E-state index in [0.29, 0.717) is 22.7 Å². The lowest BCUT2D eigenvalue weighted by Gasteiger charge is -2.06. The van der Waals surface area contributed by atoms with Gasteiger partial charge in [-0.1, -0.05) is 23.7 Å². The molecule has 100 valence electrons. The van der Waals surface area contributed by atoms with Gasteiger partial charge in [0.1, 0.15) is 12.7 Å². The van der Waals surface area contributed by atoms with Gasteiger partial charge in [-0.05, 0) is 12.1 Å². The predicted octanol–water partition coefficient (Wildman–Crippen LogP) is 1.81. The first-order valence-corrected chi connectivity index (χ1v) is 6.19. The minimum Gasteiger partial charge on any atom is -0.357 e. The lowest BCUT2D eigenvalue weighted by molar-refractivity contribution is 0.798. The van der Waals surface area contributed by atoms with Crippen LogP contribution in [0.1, 0.15) is 0 Å². The Hall–Kier alpha value is -2.54. The molecule has 0 bridgehead atoms. The van der Waals surface area contributed by atoms with Crippen LogP contribution in [0.5, 0.6) is 0 Å². The summed E-state index contributed by atoms with van der Waals surface area (Å²) in [6, 6.07) is 7.31. The number of aromatic nitrogens is 6. The summed E-state index contributed by atoms with van der Waals surface area (Å²) in [5.41, 5.74) is 0.803. The Morgan fingerprint density at radius 2 is 2.10 bits per heavy atom. The average molecular weight is 288 g/mol. The summed E-state index contributed by atoms with van der Waals surface area (Å²) >= 11 is 5.99. The van der Waals surface area contributed by atoms with Crippen LogP contribution in [0.3, 0.4) is 0 Å². The van der Waals surface area contributed by atoms with Crippen molar-refractivity contribution in [1.82, 2.24) is 29.7 Å². The molecule has 7 nitrogen and oxygen atoms in total. The van der Waals surface area contributed by atoms with E-state index < -0.39 is 0 Å². The number of rotatable bonds is 3. The highest BCUT2D eigenvalue weighted by molar-refractivity contribution is 6.30. The van der Waals surface area contributed by atoms with Crippen molar-refractivity contribution >= 4 is 17.5 Å². The van der Waals surface area contributed by atoms with E-state index in [0.717, 1.165) is 5.56 Å². The van der Waals surface area contributed by atoms with Gasteiger partial charge in [-0.3, -0.25) is 0 Å². The van der Waals surface area contributed by atoms with Crippen molar-refractivity contribution in [3.8, 4) is 17.3 Å². The van der Waals surface area contributed by atoms with Crippen LogP contribution in [0.15, 0.2) is 36.9 Å². The van der Waals surface area contributed by atoms with Gasteiger partial charge in [-0.2, -0.15) is 24.7 Å². The molecule has 1 N–H and O–H groups in total. The normalized spacial score (nSPS) is 10.5. The summed E-state index contributed by atoms with van der Waals surface area (Å²) in [7, 11) is 1.74. The Kier molecular flexibility index (Phi) is 3.26. The Balaban J connectivity index is 2.14. The summed E-state index contributed by atoms with van der Waals surface area (Å²) in [5, 5.41) is 7.53. The van der Waals surface area contributed by atoms with E-state index in [-0.39, 0.29) is 0 Å². The van der Waals surface area contributed by atoms with Crippen LogP contribution in [0.2, 0.25) is 5.02 Å². The van der Waals surface area contributed by atoms with Gasteiger partial charge < -0.3 is 5.32 Å². The van der Waals surface area contributed by atoms with E-state index in [9.17, 15) is 0 Å². The third kappa shape index (κ3) is 2.43. The molecular formula is C12H10ClN7. The SMILES string of the molecule is CNc1nc(-c2cccc(Cl)c2)nc(-n2cncn2)n1. The number of nitrogens with one attached hydrogen (secondary N) is 1. The molecule has 3 rings (SSSR count). The molecule has 0 unspecified atom stereocenters. The second-order valence-corrected chi connectivity index (χ2v) is 4.32. The fourth-order valence-corrected chi connectivity index (χ4v) is 1.84. The minimum atomic E-state index is 0.386. The first kappa shape index (κ1) is 12.5. The molecule has 0 saturated carbocycles. The fourth-order valence-electron chi connectivity index (χ4n) is 1.65. The molecule has 2 aromatic heterocycles. The van der Waals surface area contributed by atoms with Crippen LogP contribution >= 0.6 is 11.6 Å². The summed E-state index contributed by atoms with van der Waals surface area (Å²) < 4.78 is 1.47. The Bertz CT molecular complexity index is 726. The molecule has 3 aromatic rings. The van der Waals surface area contributed by atoms with Crippen molar-refractivity contribution in [3.05, 3.63) is 41.9 Å². The van der Waals surface area contributed by atoms with Crippen molar-refractivity contribution in [2.75, 3.05) is 12.4 Å². The molecule has 1 aromatic carbocycles. The molecule has 0 aliphatic carbocycles. The first-order valence-electron chi connectivity index (χ1n) is 5.81. The molecular weight excluding hydrogens is 278 g/mol. The highest BCUT2D eigenvalue weighted by atomic mass is 35.5. The molecule has 0 aliphatic heterocycles. The third-order valence-electron chi connectivity index (χ3n) is 2.55. The summed E-state index contributed by atoms with van der Waals surface area (Å²) in [6.07, 6.45) is 2.94. The molecule has 0 fully saturated rings. The molecule has 0 spiro atoms. The van der Waals surface area contributed by atoms with Crippen LogP contribution in [-0.2, 0) is 0 Å².